The smallest absolute Gasteiger partial charge is 0.245 e. The standard InChI is InChI=1S/C39H30N4O.Pt/c1-39(2,42-26-41(33-18-8-9-19-34(33)42)35-20-10-11-21-37(35)44)28-23-24-30-29-15-6-7-17-32(29)43(36(30)25-28)38-22-12-16-31(40-38)27-13-4-3-5-14-27;/h3-25,44H,1-2H3;. The van der Waals surface area contributed by atoms with Crippen molar-refractivity contribution in [2.75, 3.05) is 0 Å². The summed E-state index contributed by atoms with van der Waals surface area (Å²) in [7, 11) is 0. The molecule has 0 amide bonds. The molecule has 3 heterocycles. The van der Waals surface area contributed by atoms with Crippen molar-refractivity contribution >= 4 is 32.8 Å². The molecule has 0 spiro atoms. The molecule has 0 saturated heterocycles. The summed E-state index contributed by atoms with van der Waals surface area (Å²) in [5.74, 6) is 1.09. The van der Waals surface area contributed by atoms with Crippen LogP contribution in [0, 0.1) is 6.33 Å². The second-order valence-corrected chi connectivity index (χ2v) is 11.6. The van der Waals surface area contributed by atoms with E-state index >= 15 is 0 Å². The van der Waals surface area contributed by atoms with Crippen LogP contribution in [0.1, 0.15) is 19.4 Å². The maximum Gasteiger partial charge on any atom is 0.245 e. The van der Waals surface area contributed by atoms with Crippen LogP contribution < -0.4 is 4.57 Å². The van der Waals surface area contributed by atoms with E-state index in [2.05, 4.69) is 114 Å². The Balaban J connectivity index is 0.00000325. The van der Waals surface area contributed by atoms with Gasteiger partial charge in [0, 0.05) is 37.4 Å². The molecular formula is C39H30N4OPt. The quantitative estimate of drug-likeness (QED) is 0.142. The normalized spacial score (nSPS) is 11.7. The van der Waals surface area contributed by atoms with E-state index in [-0.39, 0.29) is 26.8 Å². The predicted octanol–water partition coefficient (Wildman–Crippen LogP) is 8.36. The monoisotopic (exact) mass is 765 g/mol. The number of phenols is 1. The SMILES string of the molecule is CC(C)(c1ccc2c3ccccc3n(-c3cccc(-c4ccccc4)n3)c2c1)[n+]1[c-]n(-c2ccccc2O)c2ccccc21.[Pt]. The van der Waals surface area contributed by atoms with Crippen LogP contribution in [0.25, 0.3) is 55.6 Å². The molecule has 0 atom stereocenters. The van der Waals surface area contributed by atoms with Gasteiger partial charge in [0.1, 0.15) is 17.1 Å². The van der Waals surface area contributed by atoms with Crippen LogP contribution in [0.5, 0.6) is 5.75 Å². The van der Waals surface area contributed by atoms with Crippen molar-refractivity contribution in [1.29, 1.82) is 0 Å². The number of aromatic nitrogens is 4. The third-order valence-electron chi connectivity index (χ3n) is 8.66. The van der Waals surface area contributed by atoms with Gasteiger partial charge >= 0.3 is 0 Å². The number of nitrogens with zero attached hydrogens (tertiary/aromatic N) is 4. The second-order valence-electron chi connectivity index (χ2n) is 11.6. The fourth-order valence-corrected chi connectivity index (χ4v) is 6.36. The van der Waals surface area contributed by atoms with Gasteiger partial charge in [0.2, 0.25) is 6.33 Å². The molecule has 0 saturated carbocycles. The van der Waals surface area contributed by atoms with Gasteiger partial charge in [-0.05, 0) is 49.7 Å². The molecule has 0 aliphatic carbocycles. The van der Waals surface area contributed by atoms with Crippen LogP contribution >= 0.6 is 0 Å². The predicted molar refractivity (Wildman–Crippen MR) is 176 cm³/mol. The summed E-state index contributed by atoms with van der Waals surface area (Å²) in [6.07, 6.45) is 3.59. The van der Waals surface area contributed by atoms with Gasteiger partial charge in [-0.2, -0.15) is 0 Å². The first-order valence-electron chi connectivity index (χ1n) is 14.8. The van der Waals surface area contributed by atoms with E-state index in [9.17, 15) is 5.11 Å². The fraction of sp³-hybridized carbons (Fsp3) is 0.0769. The summed E-state index contributed by atoms with van der Waals surface area (Å²) in [4.78, 5) is 5.15. The molecule has 0 aliphatic rings. The summed E-state index contributed by atoms with van der Waals surface area (Å²) in [6, 6.07) is 47.4. The van der Waals surface area contributed by atoms with Crippen molar-refractivity contribution in [3.05, 3.63) is 151 Å². The molecule has 3 aromatic heterocycles. The van der Waals surface area contributed by atoms with Gasteiger partial charge in [-0.1, -0.05) is 109 Å². The third kappa shape index (κ3) is 4.67. The summed E-state index contributed by atoms with van der Waals surface area (Å²) < 4.78 is 6.40. The largest absolute Gasteiger partial charge is 0.513 e. The van der Waals surface area contributed by atoms with Gasteiger partial charge in [-0.3, -0.25) is 4.57 Å². The van der Waals surface area contributed by atoms with Gasteiger partial charge < -0.3 is 14.2 Å². The Kier molecular flexibility index (Phi) is 7.14. The number of imidazole rings is 1. The number of fused-ring (bicyclic) bond motifs is 4. The Labute approximate surface area is 275 Å². The molecule has 0 radical (unpaired) electrons. The van der Waals surface area contributed by atoms with Crippen molar-refractivity contribution in [3.8, 4) is 28.5 Å². The minimum atomic E-state index is -0.482. The minimum absolute atomic E-state index is 0. The molecule has 6 heteroatoms. The molecule has 0 bridgehead atoms. The molecule has 5 aromatic carbocycles. The van der Waals surface area contributed by atoms with Crippen molar-refractivity contribution in [2.24, 2.45) is 0 Å². The average molecular weight is 766 g/mol. The van der Waals surface area contributed by atoms with Crippen molar-refractivity contribution in [3.63, 3.8) is 0 Å². The zero-order chi connectivity index (χ0) is 29.8. The van der Waals surface area contributed by atoms with Crippen LogP contribution in [0.15, 0.2) is 140 Å². The number of rotatable bonds is 5. The Morgan fingerprint density at radius 3 is 2.18 bits per heavy atom. The molecule has 0 fully saturated rings. The van der Waals surface area contributed by atoms with E-state index in [0.717, 1.165) is 44.7 Å². The first-order valence-corrected chi connectivity index (χ1v) is 14.8. The van der Waals surface area contributed by atoms with Crippen molar-refractivity contribution in [1.82, 2.24) is 14.1 Å². The van der Waals surface area contributed by atoms with E-state index in [4.69, 9.17) is 4.98 Å². The summed E-state index contributed by atoms with van der Waals surface area (Å²) in [5, 5.41) is 13.1. The summed E-state index contributed by atoms with van der Waals surface area (Å²) in [5.41, 5.74) is 7.58. The number of aromatic hydroxyl groups is 1. The molecule has 8 rings (SSSR count). The molecule has 0 unspecified atom stereocenters. The molecule has 1 N–H and O–H groups in total. The number of phenolic OH excluding ortho intramolecular Hbond substituents is 1. The topological polar surface area (TPSA) is 46.9 Å². The number of pyridine rings is 1. The molecule has 8 aromatic rings. The van der Waals surface area contributed by atoms with Crippen LogP contribution in [0.3, 0.4) is 0 Å². The number of hydrogen-bond acceptors (Lipinski definition) is 2. The summed E-state index contributed by atoms with van der Waals surface area (Å²) >= 11 is 0. The van der Waals surface area contributed by atoms with Crippen LogP contribution in [0.2, 0.25) is 0 Å². The fourth-order valence-electron chi connectivity index (χ4n) is 6.36. The summed E-state index contributed by atoms with van der Waals surface area (Å²) in [6.45, 7) is 4.43. The Morgan fingerprint density at radius 1 is 0.667 bits per heavy atom. The molecule has 45 heavy (non-hydrogen) atoms. The first kappa shape index (κ1) is 28.8. The van der Waals surface area contributed by atoms with Crippen LogP contribution in [-0.4, -0.2) is 19.2 Å². The Hall–Kier alpha value is -4.99. The van der Waals surface area contributed by atoms with Gasteiger partial charge in [-0.25, -0.2) is 4.98 Å². The van der Waals surface area contributed by atoms with Gasteiger partial charge in [0.25, 0.3) is 0 Å². The Morgan fingerprint density at radius 2 is 1.36 bits per heavy atom. The molecular weight excluding hydrogens is 736 g/mol. The minimum Gasteiger partial charge on any atom is -0.513 e. The van der Waals surface area contributed by atoms with E-state index in [0.29, 0.717) is 5.69 Å². The maximum atomic E-state index is 10.7. The Bertz CT molecular complexity index is 2340. The van der Waals surface area contributed by atoms with Crippen LogP contribution in [0.4, 0.5) is 0 Å². The number of benzene rings is 5. The zero-order valence-electron chi connectivity index (χ0n) is 24.8. The van der Waals surface area contributed by atoms with E-state index in [1.807, 2.05) is 53.1 Å². The average Bonchev–Trinajstić information content (AvgIpc) is 3.62. The van der Waals surface area contributed by atoms with E-state index in [1.165, 1.54) is 10.8 Å². The van der Waals surface area contributed by atoms with E-state index < -0.39 is 5.54 Å². The molecule has 0 aliphatic heterocycles. The molecule has 222 valence electrons. The third-order valence-corrected chi connectivity index (χ3v) is 8.66. The number of hydrogen-bond donors (Lipinski definition) is 1. The molecule has 5 nitrogen and oxygen atoms in total. The van der Waals surface area contributed by atoms with Gasteiger partial charge in [-0.15, -0.1) is 0 Å². The van der Waals surface area contributed by atoms with Gasteiger partial charge in [0.05, 0.1) is 33.4 Å². The second kappa shape index (κ2) is 11.2. The first-order chi connectivity index (χ1) is 21.5. The van der Waals surface area contributed by atoms with Crippen molar-refractivity contribution < 1.29 is 30.7 Å². The van der Waals surface area contributed by atoms with Gasteiger partial charge in [0.15, 0.2) is 0 Å². The zero-order valence-corrected chi connectivity index (χ0v) is 27.1. The number of para-hydroxylation sites is 5. The van der Waals surface area contributed by atoms with Crippen LogP contribution in [-0.2, 0) is 26.6 Å². The maximum absolute atomic E-state index is 10.7. The van der Waals surface area contributed by atoms with Crippen molar-refractivity contribution in [2.45, 2.75) is 19.4 Å². The van der Waals surface area contributed by atoms with E-state index in [1.54, 1.807) is 6.07 Å².